The fraction of sp³-hybridized carbons (Fsp3) is 0.650. The second-order valence-electron chi connectivity index (χ2n) is 8.48. The summed E-state index contributed by atoms with van der Waals surface area (Å²) < 4.78 is 35.2. The molecule has 0 N–H and O–H groups in total. The lowest BCUT2D eigenvalue weighted by molar-refractivity contribution is -0.191. The molecule has 6 nitrogen and oxygen atoms in total. The Kier molecular flexibility index (Phi) is 4.24. The van der Waals surface area contributed by atoms with Gasteiger partial charge in [-0.1, -0.05) is 18.0 Å². The molecule has 0 radical (unpaired) electrons. The normalized spacial score (nSPS) is 35.3. The van der Waals surface area contributed by atoms with Crippen molar-refractivity contribution in [2.45, 2.75) is 55.4 Å². The highest BCUT2D eigenvalue weighted by Gasteiger charge is 2.65. The first kappa shape index (κ1) is 18.7. The summed E-state index contributed by atoms with van der Waals surface area (Å²) >= 11 is 6.27. The monoisotopic (exact) mass is 424 g/mol. The topological polar surface area (TPSA) is 66.9 Å². The maximum absolute atomic E-state index is 13.6. The molecule has 0 aromatic heterocycles. The summed E-state index contributed by atoms with van der Waals surface area (Å²) in [7, 11) is -2.05. The first-order valence-corrected chi connectivity index (χ1v) is 12.0. The van der Waals surface area contributed by atoms with Gasteiger partial charge in [0.25, 0.3) is 0 Å². The molecule has 5 rings (SSSR count). The molecule has 152 valence electrons. The Morgan fingerprint density at radius 3 is 2.68 bits per heavy atom. The SMILES string of the molecule is CN1C(=O)C(S(=O)(=O)N2CCCC2)C2c3cc(Cl)ccc3OC13CCCCC23. The Hall–Kier alpha value is -1.31. The molecule has 2 saturated heterocycles. The van der Waals surface area contributed by atoms with Crippen molar-refractivity contribution < 1.29 is 17.9 Å². The van der Waals surface area contributed by atoms with Gasteiger partial charge in [0.2, 0.25) is 15.9 Å². The zero-order chi connectivity index (χ0) is 19.7. The summed E-state index contributed by atoms with van der Waals surface area (Å²) in [5, 5.41) is -0.567. The van der Waals surface area contributed by atoms with Gasteiger partial charge in [0.05, 0.1) is 0 Å². The largest absolute Gasteiger partial charge is 0.467 e. The smallest absolute Gasteiger partial charge is 0.245 e. The minimum absolute atomic E-state index is 0.0442. The average Bonchev–Trinajstić information content (AvgIpc) is 3.22. The summed E-state index contributed by atoms with van der Waals surface area (Å²) in [5.41, 5.74) is 0.0157. The van der Waals surface area contributed by atoms with Crippen LogP contribution in [0.15, 0.2) is 18.2 Å². The van der Waals surface area contributed by atoms with Gasteiger partial charge in [-0.15, -0.1) is 0 Å². The summed E-state index contributed by atoms with van der Waals surface area (Å²) in [4.78, 5) is 15.1. The standard InChI is InChI=1S/C20H25ClN2O4S/c1-22-19(24)18(28(25,26)23-10-4-5-11-23)17-14-12-13(21)7-8-16(14)27-20(22)9-3-2-6-15(17)20/h7-8,12,15,17-18H,2-6,9-11H2,1H3. The van der Waals surface area contributed by atoms with Crippen molar-refractivity contribution in [3.8, 4) is 5.75 Å². The molecule has 1 aromatic carbocycles. The molecule has 1 aliphatic carbocycles. The van der Waals surface area contributed by atoms with E-state index in [1.165, 1.54) is 4.31 Å². The van der Waals surface area contributed by atoms with E-state index in [1.807, 2.05) is 6.07 Å². The van der Waals surface area contributed by atoms with Crippen molar-refractivity contribution in [3.05, 3.63) is 28.8 Å². The Bertz CT molecular complexity index is 930. The predicted molar refractivity (Wildman–Crippen MR) is 106 cm³/mol. The fourth-order valence-electron chi connectivity index (χ4n) is 5.83. The number of fused-ring (bicyclic) bond motifs is 2. The number of carbonyl (C=O) groups is 1. The van der Waals surface area contributed by atoms with Gasteiger partial charge in [-0.05, 0) is 43.9 Å². The molecular formula is C20H25ClN2O4S. The van der Waals surface area contributed by atoms with Crippen LogP contribution in [0.25, 0.3) is 0 Å². The van der Waals surface area contributed by atoms with E-state index < -0.39 is 26.9 Å². The highest BCUT2D eigenvalue weighted by molar-refractivity contribution is 7.90. The third-order valence-corrected chi connectivity index (χ3v) is 9.60. The maximum atomic E-state index is 13.6. The molecule has 1 saturated carbocycles. The summed E-state index contributed by atoms with van der Waals surface area (Å²) in [6.45, 7) is 0.995. The van der Waals surface area contributed by atoms with Gasteiger partial charge in [-0.2, -0.15) is 0 Å². The van der Waals surface area contributed by atoms with E-state index in [-0.39, 0.29) is 11.8 Å². The number of halogens is 1. The lowest BCUT2D eigenvalue weighted by Crippen LogP contribution is -2.71. The molecular weight excluding hydrogens is 400 g/mol. The lowest BCUT2D eigenvalue weighted by atomic mass is 9.65. The Balaban J connectivity index is 1.72. The quantitative estimate of drug-likeness (QED) is 0.732. The van der Waals surface area contributed by atoms with E-state index in [1.54, 1.807) is 24.1 Å². The molecule has 2 bridgehead atoms. The van der Waals surface area contributed by atoms with Crippen LogP contribution in [0, 0.1) is 5.92 Å². The van der Waals surface area contributed by atoms with Crippen molar-refractivity contribution in [2.75, 3.05) is 20.1 Å². The molecule has 3 fully saturated rings. The number of hydrogen-bond acceptors (Lipinski definition) is 4. The number of benzene rings is 1. The van der Waals surface area contributed by atoms with E-state index >= 15 is 0 Å². The number of likely N-dealkylation sites (tertiary alicyclic amines) is 1. The third kappa shape index (κ3) is 2.42. The number of rotatable bonds is 2. The highest BCUT2D eigenvalue weighted by atomic mass is 35.5. The van der Waals surface area contributed by atoms with Crippen LogP contribution in [0.5, 0.6) is 5.75 Å². The van der Waals surface area contributed by atoms with Gasteiger partial charge < -0.3 is 9.64 Å². The number of hydrogen-bond donors (Lipinski definition) is 0. The van der Waals surface area contributed by atoms with Crippen LogP contribution in [0.2, 0.25) is 5.02 Å². The zero-order valence-electron chi connectivity index (χ0n) is 15.9. The summed E-state index contributed by atoms with van der Waals surface area (Å²) in [6, 6.07) is 5.38. The first-order valence-electron chi connectivity index (χ1n) is 10.1. The van der Waals surface area contributed by atoms with Gasteiger partial charge in [0.15, 0.2) is 11.0 Å². The number of carbonyl (C=O) groups excluding carboxylic acids is 1. The van der Waals surface area contributed by atoms with Crippen LogP contribution in [-0.2, 0) is 14.8 Å². The van der Waals surface area contributed by atoms with Crippen molar-refractivity contribution in [1.82, 2.24) is 9.21 Å². The molecule has 4 unspecified atom stereocenters. The highest BCUT2D eigenvalue weighted by Crippen LogP contribution is 2.58. The van der Waals surface area contributed by atoms with E-state index in [2.05, 4.69) is 0 Å². The summed E-state index contributed by atoms with van der Waals surface area (Å²) in [6.07, 6.45) is 5.25. The van der Waals surface area contributed by atoms with Crippen molar-refractivity contribution in [2.24, 2.45) is 5.92 Å². The zero-order valence-corrected chi connectivity index (χ0v) is 17.5. The van der Waals surface area contributed by atoms with Crippen molar-refractivity contribution in [3.63, 3.8) is 0 Å². The van der Waals surface area contributed by atoms with Gasteiger partial charge in [0, 0.05) is 49.0 Å². The fourth-order valence-corrected chi connectivity index (χ4v) is 8.21. The number of ether oxygens (including phenoxy) is 1. The van der Waals surface area contributed by atoms with Crippen molar-refractivity contribution >= 4 is 27.5 Å². The molecule has 4 aliphatic rings. The Labute approximate surface area is 170 Å². The molecule has 3 heterocycles. The molecule has 3 aliphatic heterocycles. The first-order chi connectivity index (χ1) is 13.4. The maximum Gasteiger partial charge on any atom is 0.245 e. The van der Waals surface area contributed by atoms with Crippen LogP contribution in [0.4, 0.5) is 0 Å². The minimum Gasteiger partial charge on any atom is -0.467 e. The van der Waals surface area contributed by atoms with E-state index in [9.17, 15) is 13.2 Å². The minimum atomic E-state index is -3.76. The van der Waals surface area contributed by atoms with Crippen LogP contribution < -0.4 is 4.74 Å². The number of nitrogens with zero attached hydrogens (tertiary/aromatic N) is 2. The predicted octanol–water partition coefficient (Wildman–Crippen LogP) is 2.97. The van der Waals surface area contributed by atoms with Crippen molar-refractivity contribution in [1.29, 1.82) is 0 Å². The molecule has 1 amide bonds. The molecule has 28 heavy (non-hydrogen) atoms. The number of sulfonamides is 1. The molecule has 1 aromatic rings. The van der Waals surface area contributed by atoms with Crippen LogP contribution in [-0.4, -0.2) is 54.6 Å². The van der Waals surface area contributed by atoms with E-state index in [0.717, 1.165) is 44.1 Å². The second-order valence-corrected chi connectivity index (χ2v) is 11.0. The average molecular weight is 425 g/mol. The van der Waals surface area contributed by atoms with Gasteiger partial charge in [0.1, 0.15) is 5.75 Å². The van der Waals surface area contributed by atoms with Gasteiger partial charge >= 0.3 is 0 Å². The number of amides is 1. The Morgan fingerprint density at radius 2 is 1.93 bits per heavy atom. The second kappa shape index (κ2) is 6.34. The van der Waals surface area contributed by atoms with E-state index in [0.29, 0.717) is 23.9 Å². The third-order valence-electron chi connectivity index (χ3n) is 7.14. The Morgan fingerprint density at radius 1 is 1.18 bits per heavy atom. The van der Waals surface area contributed by atoms with Crippen LogP contribution >= 0.6 is 11.6 Å². The van der Waals surface area contributed by atoms with Crippen LogP contribution in [0.3, 0.4) is 0 Å². The molecule has 0 spiro atoms. The van der Waals surface area contributed by atoms with Crippen LogP contribution in [0.1, 0.15) is 50.0 Å². The van der Waals surface area contributed by atoms with Gasteiger partial charge in [-0.25, -0.2) is 12.7 Å². The van der Waals surface area contributed by atoms with E-state index in [4.69, 9.17) is 16.3 Å². The molecule has 8 heteroatoms. The lowest BCUT2D eigenvalue weighted by Gasteiger charge is -2.59. The number of piperidine rings is 1. The summed E-state index contributed by atoms with van der Waals surface area (Å²) in [5.74, 6) is -0.149. The van der Waals surface area contributed by atoms with Gasteiger partial charge in [-0.3, -0.25) is 4.79 Å². The molecule has 4 atom stereocenters.